The Bertz CT molecular complexity index is 459. The molecular formula is C25H45IO. The van der Waals surface area contributed by atoms with Crippen molar-refractivity contribution in [3.8, 4) is 0 Å². The molecular weight excluding hydrogens is 443 g/mol. The molecule has 0 saturated heterocycles. The fourth-order valence-corrected chi connectivity index (χ4v) is 7.79. The number of hydrogen-bond acceptors (Lipinski definition) is 1. The Kier molecular flexibility index (Phi) is 9.49. The number of allylic oxidation sites excluding steroid dienone is 1. The van der Waals surface area contributed by atoms with Crippen LogP contribution in [-0.2, 0) is 4.74 Å². The van der Waals surface area contributed by atoms with Gasteiger partial charge >= 0.3 is 0 Å². The predicted octanol–water partition coefficient (Wildman–Crippen LogP) is 8.42. The quantitative estimate of drug-likeness (QED) is 0.144. The third kappa shape index (κ3) is 6.12. The van der Waals surface area contributed by atoms with Gasteiger partial charge in [0.1, 0.15) is 0 Å². The van der Waals surface area contributed by atoms with Crippen molar-refractivity contribution >= 4 is 22.6 Å². The molecule has 0 N–H and O–H groups in total. The van der Waals surface area contributed by atoms with Gasteiger partial charge < -0.3 is 4.74 Å². The van der Waals surface area contributed by atoms with Crippen LogP contribution >= 0.6 is 22.6 Å². The van der Waals surface area contributed by atoms with Gasteiger partial charge in [0.15, 0.2) is 0 Å². The van der Waals surface area contributed by atoms with Gasteiger partial charge in [0, 0.05) is 4.43 Å². The molecule has 2 saturated carbocycles. The van der Waals surface area contributed by atoms with Crippen LogP contribution in [0, 0.1) is 35.0 Å². The maximum atomic E-state index is 5.94. The van der Waals surface area contributed by atoms with Crippen LogP contribution in [0.4, 0.5) is 0 Å². The van der Waals surface area contributed by atoms with Crippen LogP contribution in [0.2, 0.25) is 0 Å². The van der Waals surface area contributed by atoms with E-state index in [1.807, 2.05) is 6.92 Å². The Balaban J connectivity index is 1.97. The average molecular weight is 489 g/mol. The molecule has 0 amide bonds. The van der Waals surface area contributed by atoms with Crippen molar-refractivity contribution in [2.75, 3.05) is 4.43 Å². The second kappa shape index (κ2) is 10.9. The lowest BCUT2D eigenvalue weighted by molar-refractivity contribution is -0.0116. The van der Waals surface area contributed by atoms with Crippen LogP contribution < -0.4 is 0 Å². The Hall–Kier alpha value is 0.270. The van der Waals surface area contributed by atoms with E-state index >= 15 is 0 Å². The van der Waals surface area contributed by atoms with Crippen molar-refractivity contribution in [1.82, 2.24) is 0 Å². The van der Waals surface area contributed by atoms with Crippen LogP contribution in [-0.4, -0.2) is 10.5 Å². The van der Waals surface area contributed by atoms with Gasteiger partial charge in [-0.1, -0.05) is 76.1 Å². The van der Waals surface area contributed by atoms with E-state index in [0.29, 0.717) is 11.5 Å². The highest BCUT2D eigenvalue weighted by Crippen LogP contribution is 2.54. The van der Waals surface area contributed by atoms with Gasteiger partial charge in [-0.05, 0) is 86.9 Å². The van der Waals surface area contributed by atoms with Crippen molar-refractivity contribution < 1.29 is 4.74 Å². The zero-order valence-electron chi connectivity index (χ0n) is 18.7. The Morgan fingerprint density at radius 1 is 1.15 bits per heavy atom. The minimum atomic E-state index is 0.428. The summed E-state index contributed by atoms with van der Waals surface area (Å²) in [7, 11) is 0. The predicted molar refractivity (Wildman–Crippen MR) is 127 cm³/mol. The fourth-order valence-electron chi connectivity index (χ4n) is 6.13. The monoisotopic (exact) mass is 488 g/mol. The van der Waals surface area contributed by atoms with Crippen molar-refractivity contribution in [3.05, 3.63) is 12.3 Å². The van der Waals surface area contributed by atoms with Gasteiger partial charge in [0.2, 0.25) is 0 Å². The Morgan fingerprint density at radius 2 is 1.89 bits per heavy atom. The van der Waals surface area contributed by atoms with Crippen LogP contribution in [0.1, 0.15) is 98.8 Å². The van der Waals surface area contributed by atoms with E-state index < -0.39 is 0 Å². The van der Waals surface area contributed by atoms with E-state index in [2.05, 4.69) is 56.9 Å². The smallest absolute Gasteiger partial charge is 0.0982 e. The molecule has 6 atom stereocenters. The third-order valence-corrected chi connectivity index (χ3v) is 9.29. The number of ether oxygens (including phenoxy) is 1. The van der Waals surface area contributed by atoms with Gasteiger partial charge in [-0.25, -0.2) is 0 Å². The van der Waals surface area contributed by atoms with Crippen LogP contribution in [0.25, 0.3) is 0 Å². The molecule has 2 aliphatic rings. The van der Waals surface area contributed by atoms with E-state index in [0.717, 1.165) is 35.3 Å². The first kappa shape index (κ1) is 23.5. The molecule has 2 heteroatoms. The van der Waals surface area contributed by atoms with Crippen LogP contribution in [0.3, 0.4) is 0 Å². The lowest BCUT2D eigenvalue weighted by atomic mass is 9.54. The zero-order valence-corrected chi connectivity index (χ0v) is 20.9. The first-order chi connectivity index (χ1) is 12.8. The van der Waals surface area contributed by atoms with E-state index in [1.165, 1.54) is 68.6 Å². The van der Waals surface area contributed by atoms with Crippen LogP contribution in [0.15, 0.2) is 12.3 Å². The van der Waals surface area contributed by atoms with Crippen molar-refractivity contribution in [3.63, 3.8) is 0 Å². The second-order valence-corrected chi connectivity index (χ2v) is 11.1. The van der Waals surface area contributed by atoms with E-state index in [1.54, 1.807) is 0 Å². The van der Waals surface area contributed by atoms with Gasteiger partial charge in [-0.15, -0.1) is 0 Å². The summed E-state index contributed by atoms with van der Waals surface area (Å²) in [5, 5.41) is 0. The zero-order chi connectivity index (χ0) is 20.0. The van der Waals surface area contributed by atoms with Gasteiger partial charge in [0.25, 0.3) is 0 Å². The standard InChI is InChI=1S/C25H45IO/c1-7-21-15-16-25(6,18(2)3)24(17-26)23(21)14-12-20-9-8-10-22(13-11-20)27-19(4)5/h18,20-24H,4,7-17H2,1-3,5-6H3/t20-,21?,22?,23?,24-,25?/m1/s1. The molecule has 2 fully saturated rings. The lowest BCUT2D eigenvalue weighted by Crippen LogP contribution is -2.45. The highest BCUT2D eigenvalue weighted by Gasteiger charge is 2.46. The maximum absolute atomic E-state index is 5.94. The maximum Gasteiger partial charge on any atom is 0.0982 e. The summed E-state index contributed by atoms with van der Waals surface area (Å²) in [6, 6.07) is 0. The lowest BCUT2D eigenvalue weighted by Gasteiger charge is -2.52. The minimum absolute atomic E-state index is 0.428. The fraction of sp³-hybridized carbons (Fsp3) is 0.920. The van der Waals surface area contributed by atoms with Crippen molar-refractivity contribution in [2.24, 2.45) is 35.0 Å². The first-order valence-electron chi connectivity index (χ1n) is 11.7. The molecule has 1 nitrogen and oxygen atoms in total. The molecule has 2 rings (SSSR count). The van der Waals surface area contributed by atoms with E-state index in [-0.39, 0.29) is 0 Å². The summed E-state index contributed by atoms with van der Waals surface area (Å²) in [6.45, 7) is 15.9. The molecule has 0 aliphatic heterocycles. The van der Waals surface area contributed by atoms with Crippen LogP contribution in [0.5, 0.6) is 0 Å². The molecule has 158 valence electrons. The minimum Gasteiger partial charge on any atom is -0.496 e. The van der Waals surface area contributed by atoms with E-state index in [9.17, 15) is 0 Å². The average Bonchev–Trinajstić information content (AvgIpc) is 2.84. The topological polar surface area (TPSA) is 9.23 Å². The van der Waals surface area contributed by atoms with E-state index in [4.69, 9.17) is 4.74 Å². The molecule has 0 bridgehead atoms. The summed E-state index contributed by atoms with van der Waals surface area (Å²) in [5.74, 6) is 5.42. The molecule has 0 aromatic rings. The SMILES string of the molecule is C=C(C)OC1CCC[C@@H](CCC2C(CC)CCC(C)(C(C)C)[C@@H]2CI)CC1. The molecule has 4 unspecified atom stereocenters. The molecule has 2 aliphatic carbocycles. The highest BCUT2D eigenvalue weighted by molar-refractivity contribution is 14.1. The highest BCUT2D eigenvalue weighted by atomic mass is 127. The second-order valence-electron chi connectivity index (χ2n) is 10.2. The normalized spacial score (nSPS) is 37.8. The first-order valence-corrected chi connectivity index (χ1v) is 13.2. The Morgan fingerprint density at radius 3 is 2.48 bits per heavy atom. The molecule has 0 radical (unpaired) electrons. The van der Waals surface area contributed by atoms with Gasteiger partial charge in [-0.2, -0.15) is 0 Å². The molecule has 0 aromatic carbocycles. The number of rotatable bonds is 8. The molecule has 27 heavy (non-hydrogen) atoms. The largest absolute Gasteiger partial charge is 0.496 e. The van der Waals surface area contributed by atoms with Crippen molar-refractivity contribution in [1.29, 1.82) is 0 Å². The molecule has 0 heterocycles. The Labute approximate surface area is 183 Å². The summed E-state index contributed by atoms with van der Waals surface area (Å²) in [4.78, 5) is 0. The number of hydrogen-bond donors (Lipinski definition) is 0. The third-order valence-electron chi connectivity index (χ3n) is 8.34. The van der Waals surface area contributed by atoms with Gasteiger partial charge in [0.05, 0.1) is 11.9 Å². The summed E-state index contributed by atoms with van der Waals surface area (Å²) in [5.41, 5.74) is 0.543. The summed E-state index contributed by atoms with van der Waals surface area (Å²) in [6.07, 6.45) is 14.2. The molecule has 0 aromatic heterocycles. The summed E-state index contributed by atoms with van der Waals surface area (Å²) < 4.78 is 7.28. The van der Waals surface area contributed by atoms with Crippen molar-refractivity contribution in [2.45, 2.75) is 105 Å². The number of alkyl halides is 1. The molecule has 0 spiro atoms. The van der Waals surface area contributed by atoms with Gasteiger partial charge in [-0.3, -0.25) is 0 Å². The number of halogens is 1. The summed E-state index contributed by atoms with van der Waals surface area (Å²) >= 11 is 2.70.